The molecule has 1 aliphatic rings. The van der Waals surface area contributed by atoms with Crippen LogP contribution in [0.5, 0.6) is 0 Å². The molecule has 106 valence electrons. The quantitative estimate of drug-likeness (QED) is 0.855. The van der Waals surface area contributed by atoms with E-state index in [0.29, 0.717) is 6.04 Å². The van der Waals surface area contributed by atoms with E-state index in [9.17, 15) is 0 Å². The summed E-state index contributed by atoms with van der Waals surface area (Å²) in [6.07, 6.45) is 2.72. The lowest BCUT2D eigenvalue weighted by atomic mass is 10.1. The zero-order chi connectivity index (χ0) is 13.8. The van der Waals surface area contributed by atoms with Crippen molar-refractivity contribution in [2.75, 3.05) is 38.6 Å². The summed E-state index contributed by atoms with van der Waals surface area (Å²) in [7, 11) is 4.22. The van der Waals surface area contributed by atoms with Crippen LogP contribution in [0.3, 0.4) is 0 Å². The van der Waals surface area contributed by atoms with Crippen LogP contribution in [0, 0.1) is 0 Å². The van der Waals surface area contributed by atoms with Crippen molar-refractivity contribution in [3.63, 3.8) is 0 Å². The summed E-state index contributed by atoms with van der Waals surface area (Å²) in [6, 6.07) is 0.445. The Hall–Kier alpha value is -1.20. The molecule has 0 aliphatic carbocycles. The van der Waals surface area contributed by atoms with Crippen LogP contribution in [-0.4, -0.2) is 54.6 Å². The smallest absolute Gasteiger partial charge is 0.137 e. The summed E-state index contributed by atoms with van der Waals surface area (Å²) in [5, 5.41) is 3.42. The molecule has 1 aromatic rings. The Labute approximate surface area is 116 Å². The Kier molecular flexibility index (Phi) is 4.71. The molecule has 0 spiro atoms. The molecule has 1 unspecified atom stereocenters. The predicted octanol–water partition coefficient (Wildman–Crippen LogP) is 0.899. The molecule has 5 nitrogen and oxygen atoms in total. The van der Waals surface area contributed by atoms with Gasteiger partial charge < -0.3 is 15.1 Å². The highest BCUT2D eigenvalue weighted by Gasteiger charge is 2.22. The van der Waals surface area contributed by atoms with Gasteiger partial charge in [0.25, 0.3) is 0 Å². The molecule has 2 rings (SSSR count). The van der Waals surface area contributed by atoms with Crippen LogP contribution in [-0.2, 0) is 13.0 Å². The zero-order valence-electron chi connectivity index (χ0n) is 12.5. The highest BCUT2D eigenvalue weighted by Crippen LogP contribution is 2.24. The van der Waals surface area contributed by atoms with Gasteiger partial charge in [-0.05, 0) is 27.9 Å². The number of aromatic nitrogens is 2. The number of nitrogens with zero attached hydrogens (tertiary/aromatic N) is 4. The molecule has 19 heavy (non-hydrogen) atoms. The largest absolute Gasteiger partial charge is 0.353 e. The number of likely N-dealkylation sites (N-methyl/N-ethyl adjacent to an activating group) is 2. The third kappa shape index (κ3) is 3.22. The molecule has 0 fully saturated rings. The molecule has 0 bridgehead atoms. The molecule has 1 atom stereocenters. The summed E-state index contributed by atoms with van der Waals surface area (Å²) >= 11 is 0. The van der Waals surface area contributed by atoms with Crippen molar-refractivity contribution in [3.05, 3.63) is 17.6 Å². The molecule has 1 N–H and O–H groups in total. The molecule has 0 saturated carbocycles. The van der Waals surface area contributed by atoms with E-state index in [-0.39, 0.29) is 0 Å². The lowest BCUT2D eigenvalue weighted by Crippen LogP contribution is -2.42. The minimum atomic E-state index is 0.445. The van der Waals surface area contributed by atoms with Gasteiger partial charge in [-0.3, -0.25) is 0 Å². The van der Waals surface area contributed by atoms with Crippen molar-refractivity contribution in [2.45, 2.75) is 32.9 Å². The minimum absolute atomic E-state index is 0.445. The summed E-state index contributed by atoms with van der Waals surface area (Å²) in [6.45, 7) is 8.35. The first-order chi connectivity index (χ1) is 9.13. The maximum atomic E-state index is 4.55. The van der Waals surface area contributed by atoms with Crippen LogP contribution in [0.1, 0.15) is 25.1 Å². The average molecular weight is 263 g/mol. The Bertz CT molecular complexity index is 418. The van der Waals surface area contributed by atoms with Gasteiger partial charge in [0, 0.05) is 44.2 Å². The van der Waals surface area contributed by atoms with Crippen molar-refractivity contribution in [1.29, 1.82) is 0 Å². The maximum Gasteiger partial charge on any atom is 0.137 e. The van der Waals surface area contributed by atoms with E-state index < -0.39 is 0 Å². The highest BCUT2D eigenvalue weighted by molar-refractivity contribution is 5.50. The Morgan fingerprint density at radius 2 is 2.16 bits per heavy atom. The number of hydrogen-bond donors (Lipinski definition) is 1. The van der Waals surface area contributed by atoms with E-state index >= 15 is 0 Å². The summed E-state index contributed by atoms with van der Waals surface area (Å²) < 4.78 is 0. The third-order valence-corrected chi connectivity index (χ3v) is 3.63. The number of rotatable bonds is 5. The van der Waals surface area contributed by atoms with Crippen LogP contribution in [0.25, 0.3) is 0 Å². The first-order valence-corrected chi connectivity index (χ1v) is 7.08. The molecule has 0 radical (unpaired) electrons. The number of fused-ring (bicyclic) bond motifs is 1. The van der Waals surface area contributed by atoms with Crippen LogP contribution < -0.4 is 10.2 Å². The second kappa shape index (κ2) is 6.30. The van der Waals surface area contributed by atoms with Crippen LogP contribution >= 0.6 is 0 Å². The van der Waals surface area contributed by atoms with E-state index in [1.165, 1.54) is 11.3 Å². The van der Waals surface area contributed by atoms with E-state index in [1.54, 1.807) is 6.33 Å². The fourth-order valence-corrected chi connectivity index (χ4v) is 2.80. The van der Waals surface area contributed by atoms with Gasteiger partial charge in [0.15, 0.2) is 0 Å². The van der Waals surface area contributed by atoms with E-state index in [0.717, 1.165) is 38.4 Å². The molecular formula is C14H25N5. The Balaban J connectivity index is 2.27. The highest BCUT2D eigenvalue weighted by atomic mass is 15.2. The SMILES string of the molecule is CCN(c1ncnc2c1CNCC2)C(C)CN(C)C. The van der Waals surface area contributed by atoms with Gasteiger partial charge in [0.05, 0.1) is 5.69 Å². The van der Waals surface area contributed by atoms with Gasteiger partial charge >= 0.3 is 0 Å². The van der Waals surface area contributed by atoms with Gasteiger partial charge in [-0.25, -0.2) is 9.97 Å². The molecule has 1 aromatic heterocycles. The van der Waals surface area contributed by atoms with Crippen molar-refractivity contribution < 1.29 is 0 Å². The van der Waals surface area contributed by atoms with Crippen LogP contribution in [0.2, 0.25) is 0 Å². The number of anilines is 1. The first kappa shape index (κ1) is 14.2. The second-order valence-corrected chi connectivity index (χ2v) is 5.45. The Morgan fingerprint density at radius 3 is 2.84 bits per heavy atom. The van der Waals surface area contributed by atoms with Gasteiger partial charge in [0.1, 0.15) is 12.1 Å². The topological polar surface area (TPSA) is 44.3 Å². The lowest BCUT2D eigenvalue weighted by Gasteiger charge is -2.33. The predicted molar refractivity (Wildman–Crippen MR) is 78.5 cm³/mol. The van der Waals surface area contributed by atoms with E-state index in [2.05, 4.69) is 53.0 Å². The van der Waals surface area contributed by atoms with Gasteiger partial charge in [-0.1, -0.05) is 0 Å². The van der Waals surface area contributed by atoms with Gasteiger partial charge in [0.2, 0.25) is 0 Å². The van der Waals surface area contributed by atoms with Crippen LogP contribution in [0.4, 0.5) is 5.82 Å². The summed E-state index contributed by atoms with van der Waals surface area (Å²) in [4.78, 5) is 13.6. The molecule has 2 heterocycles. The second-order valence-electron chi connectivity index (χ2n) is 5.45. The fourth-order valence-electron chi connectivity index (χ4n) is 2.80. The fraction of sp³-hybridized carbons (Fsp3) is 0.714. The van der Waals surface area contributed by atoms with E-state index in [4.69, 9.17) is 0 Å². The molecule has 0 aromatic carbocycles. The van der Waals surface area contributed by atoms with Crippen molar-refractivity contribution >= 4 is 5.82 Å². The van der Waals surface area contributed by atoms with Crippen LogP contribution in [0.15, 0.2) is 6.33 Å². The summed E-state index contributed by atoms with van der Waals surface area (Å²) in [5.74, 6) is 1.11. The number of hydrogen-bond acceptors (Lipinski definition) is 5. The maximum absolute atomic E-state index is 4.55. The van der Waals surface area contributed by atoms with Gasteiger partial charge in [-0.2, -0.15) is 0 Å². The van der Waals surface area contributed by atoms with E-state index in [1.807, 2.05) is 0 Å². The number of nitrogens with one attached hydrogen (secondary N) is 1. The normalized spacial score (nSPS) is 16.3. The molecule has 0 saturated heterocycles. The zero-order valence-corrected chi connectivity index (χ0v) is 12.5. The molecule has 1 aliphatic heterocycles. The van der Waals surface area contributed by atoms with Crippen molar-refractivity contribution in [2.24, 2.45) is 0 Å². The summed E-state index contributed by atoms with van der Waals surface area (Å²) in [5.41, 5.74) is 2.49. The molecule has 0 amide bonds. The first-order valence-electron chi connectivity index (χ1n) is 7.08. The monoisotopic (exact) mass is 263 g/mol. The van der Waals surface area contributed by atoms with Crippen molar-refractivity contribution in [1.82, 2.24) is 20.2 Å². The molecular weight excluding hydrogens is 238 g/mol. The molecule has 5 heteroatoms. The lowest BCUT2D eigenvalue weighted by molar-refractivity contribution is 0.371. The minimum Gasteiger partial charge on any atom is -0.353 e. The standard InChI is InChI=1S/C14H25N5/c1-5-19(11(2)9-18(3)4)14-12-8-15-7-6-13(12)16-10-17-14/h10-11,15H,5-9H2,1-4H3. The van der Waals surface area contributed by atoms with Crippen molar-refractivity contribution in [3.8, 4) is 0 Å². The van der Waals surface area contributed by atoms with Gasteiger partial charge in [-0.15, -0.1) is 0 Å². The third-order valence-electron chi connectivity index (χ3n) is 3.63. The average Bonchev–Trinajstić information content (AvgIpc) is 2.39. The Morgan fingerprint density at radius 1 is 1.37 bits per heavy atom.